The van der Waals surface area contributed by atoms with Gasteiger partial charge in [-0.1, -0.05) is 32.9 Å². The third-order valence-corrected chi connectivity index (χ3v) is 5.52. The molecule has 0 aromatic heterocycles. The number of anilines is 2. The maximum absolute atomic E-state index is 12.4. The van der Waals surface area contributed by atoms with Gasteiger partial charge in [0.15, 0.2) is 6.10 Å². The highest BCUT2D eigenvalue weighted by Gasteiger charge is 2.17. The second-order valence-electron chi connectivity index (χ2n) is 7.61. The van der Waals surface area contributed by atoms with E-state index in [0.29, 0.717) is 17.1 Å². The van der Waals surface area contributed by atoms with Gasteiger partial charge in [-0.15, -0.1) is 0 Å². The summed E-state index contributed by atoms with van der Waals surface area (Å²) in [5, 5.41) is 2.76. The van der Waals surface area contributed by atoms with Gasteiger partial charge in [0.25, 0.3) is 5.91 Å². The maximum atomic E-state index is 12.4. The molecule has 1 unspecified atom stereocenters. The van der Waals surface area contributed by atoms with Crippen LogP contribution in [0.25, 0.3) is 0 Å². The van der Waals surface area contributed by atoms with E-state index in [4.69, 9.17) is 4.74 Å². The molecule has 28 heavy (non-hydrogen) atoms. The zero-order valence-corrected chi connectivity index (χ0v) is 17.8. The molecular formula is C21H28N2O4S. The first kappa shape index (κ1) is 21.8. The molecular weight excluding hydrogens is 376 g/mol. The summed E-state index contributed by atoms with van der Waals surface area (Å²) in [5.41, 5.74) is 2.25. The summed E-state index contributed by atoms with van der Waals surface area (Å²) in [4.78, 5) is 12.4. The summed E-state index contributed by atoms with van der Waals surface area (Å²) in [6, 6.07) is 14.2. The molecule has 152 valence electrons. The van der Waals surface area contributed by atoms with E-state index in [1.165, 1.54) is 5.56 Å². The molecule has 1 amide bonds. The van der Waals surface area contributed by atoms with Crippen LogP contribution in [-0.4, -0.2) is 26.2 Å². The monoisotopic (exact) mass is 404 g/mol. The van der Waals surface area contributed by atoms with Crippen LogP contribution in [0.5, 0.6) is 5.75 Å². The molecule has 0 aliphatic rings. The summed E-state index contributed by atoms with van der Waals surface area (Å²) in [6.07, 6.45) is -0.682. The quantitative estimate of drug-likeness (QED) is 0.726. The summed E-state index contributed by atoms with van der Waals surface area (Å²) in [6.45, 7) is 9.65. The van der Waals surface area contributed by atoms with Crippen LogP contribution in [0, 0.1) is 0 Å². The van der Waals surface area contributed by atoms with Crippen molar-refractivity contribution in [2.75, 3.05) is 15.8 Å². The zero-order valence-electron chi connectivity index (χ0n) is 16.9. The Morgan fingerprint density at radius 3 is 2.04 bits per heavy atom. The first-order chi connectivity index (χ1) is 13.0. The molecule has 0 aliphatic carbocycles. The Labute approximate surface area is 167 Å². The largest absolute Gasteiger partial charge is 0.481 e. The number of ether oxygens (including phenoxy) is 1. The number of rotatable bonds is 7. The lowest BCUT2D eigenvalue weighted by Crippen LogP contribution is -2.30. The van der Waals surface area contributed by atoms with Gasteiger partial charge in [0.1, 0.15) is 5.75 Å². The molecule has 0 fully saturated rings. The molecule has 0 radical (unpaired) electrons. The number of benzene rings is 2. The van der Waals surface area contributed by atoms with Crippen LogP contribution in [0.2, 0.25) is 0 Å². The number of hydrogen-bond acceptors (Lipinski definition) is 4. The second-order valence-corrected chi connectivity index (χ2v) is 9.62. The van der Waals surface area contributed by atoms with Crippen molar-refractivity contribution in [3.8, 4) is 5.75 Å². The molecule has 2 aromatic carbocycles. The van der Waals surface area contributed by atoms with Crippen LogP contribution >= 0.6 is 0 Å². The van der Waals surface area contributed by atoms with Crippen molar-refractivity contribution in [3.05, 3.63) is 54.1 Å². The highest BCUT2D eigenvalue weighted by Crippen LogP contribution is 2.25. The average molecular weight is 405 g/mol. The summed E-state index contributed by atoms with van der Waals surface area (Å²) < 4.78 is 31.3. The highest BCUT2D eigenvalue weighted by atomic mass is 32.2. The smallest absolute Gasteiger partial charge is 0.265 e. The predicted molar refractivity (Wildman–Crippen MR) is 113 cm³/mol. The fourth-order valence-corrected chi connectivity index (χ4v) is 3.05. The molecule has 1 atom stereocenters. The topological polar surface area (TPSA) is 84.5 Å². The molecule has 0 spiro atoms. The lowest BCUT2D eigenvalue weighted by Gasteiger charge is -2.20. The van der Waals surface area contributed by atoms with Crippen molar-refractivity contribution < 1.29 is 17.9 Å². The van der Waals surface area contributed by atoms with Crippen LogP contribution < -0.4 is 14.8 Å². The average Bonchev–Trinajstić information content (AvgIpc) is 2.62. The first-order valence-corrected chi connectivity index (χ1v) is 10.8. The molecule has 0 saturated carbocycles. The summed E-state index contributed by atoms with van der Waals surface area (Å²) in [5.74, 6) is 0.332. The lowest BCUT2D eigenvalue weighted by atomic mass is 9.87. The number of carbonyl (C=O) groups is 1. The highest BCUT2D eigenvalue weighted by molar-refractivity contribution is 7.92. The second kappa shape index (κ2) is 8.65. The standard InChI is InChI=1S/C21H28N2O4S/c1-6-28(25,26)23-18-11-9-17(10-12-18)22-20(24)15(2)27-19-13-7-16(8-14-19)21(3,4)5/h7-15,23H,6H2,1-5H3,(H,22,24). The van der Waals surface area contributed by atoms with E-state index < -0.39 is 16.1 Å². The number of carbonyl (C=O) groups excluding carboxylic acids is 1. The molecule has 0 bridgehead atoms. The summed E-state index contributed by atoms with van der Waals surface area (Å²) in [7, 11) is -3.33. The Hall–Kier alpha value is -2.54. The van der Waals surface area contributed by atoms with Crippen LogP contribution in [0.4, 0.5) is 11.4 Å². The Kier molecular flexibility index (Phi) is 6.72. The van der Waals surface area contributed by atoms with E-state index in [2.05, 4.69) is 30.8 Å². The van der Waals surface area contributed by atoms with Gasteiger partial charge in [0.05, 0.1) is 5.75 Å². The van der Waals surface area contributed by atoms with E-state index in [9.17, 15) is 13.2 Å². The van der Waals surface area contributed by atoms with Crippen molar-refractivity contribution in [2.45, 2.75) is 46.1 Å². The fourth-order valence-electron chi connectivity index (χ4n) is 2.41. The number of hydrogen-bond donors (Lipinski definition) is 2. The third-order valence-electron chi connectivity index (χ3n) is 4.21. The molecule has 0 aliphatic heterocycles. The first-order valence-electron chi connectivity index (χ1n) is 9.19. The molecule has 6 nitrogen and oxygen atoms in total. The third kappa shape index (κ3) is 6.27. The van der Waals surface area contributed by atoms with Gasteiger partial charge >= 0.3 is 0 Å². The van der Waals surface area contributed by atoms with Crippen LogP contribution in [-0.2, 0) is 20.2 Å². The molecule has 0 saturated heterocycles. The van der Waals surface area contributed by atoms with Gasteiger partial charge in [-0.05, 0) is 61.2 Å². The minimum Gasteiger partial charge on any atom is -0.481 e. The van der Waals surface area contributed by atoms with Crippen molar-refractivity contribution in [3.63, 3.8) is 0 Å². The lowest BCUT2D eigenvalue weighted by molar-refractivity contribution is -0.122. The normalized spacial score (nSPS) is 12.9. The van der Waals surface area contributed by atoms with Gasteiger partial charge in [0, 0.05) is 11.4 Å². The molecule has 2 aromatic rings. The van der Waals surface area contributed by atoms with Gasteiger partial charge in [-0.3, -0.25) is 9.52 Å². The molecule has 2 N–H and O–H groups in total. The van der Waals surface area contributed by atoms with Gasteiger partial charge in [0.2, 0.25) is 10.0 Å². The molecule has 0 heterocycles. The van der Waals surface area contributed by atoms with Gasteiger partial charge < -0.3 is 10.1 Å². The maximum Gasteiger partial charge on any atom is 0.265 e. The van der Waals surface area contributed by atoms with E-state index in [-0.39, 0.29) is 17.1 Å². The Morgan fingerprint density at radius 2 is 1.54 bits per heavy atom. The van der Waals surface area contributed by atoms with Crippen LogP contribution in [0.1, 0.15) is 40.2 Å². The summed E-state index contributed by atoms with van der Waals surface area (Å²) >= 11 is 0. The van der Waals surface area contributed by atoms with E-state index in [0.717, 1.165) is 0 Å². The Bertz CT molecular complexity index is 899. The van der Waals surface area contributed by atoms with E-state index >= 15 is 0 Å². The fraction of sp³-hybridized carbons (Fsp3) is 0.381. The Balaban J connectivity index is 1.95. The zero-order chi connectivity index (χ0) is 20.9. The molecule has 7 heteroatoms. The van der Waals surface area contributed by atoms with Crippen molar-refractivity contribution in [1.29, 1.82) is 0 Å². The predicted octanol–water partition coefficient (Wildman–Crippen LogP) is 4.15. The minimum atomic E-state index is -3.33. The van der Waals surface area contributed by atoms with Crippen LogP contribution in [0.3, 0.4) is 0 Å². The number of sulfonamides is 1. The van der Waals surface area contributed by atoms with E-state index in [1.807, 2.05) is 24.3 Å². The minimum absolute atomic E-state index is 0.00290. The SMILES string of the molecule is CCS(=O)(=O)Nc1ccc(NC(=O)C(C)Oc2ccc(C(C)(C)C)cc2)cc1. The van der Waals surface area contributed by atoms with Crippen molar-refractivity contribution in [2.24, 2.45) is 0 Å². The van der Waals surface area contributed by atoms with Crippen LogP contribution in [0.15, 0.2) is 48.5 Å². The number of amides is 1. The van der Waals surface area contributed by atoms with Crippen molar-refractivity contribution >= 4 is 27.3 Å². The Morgan fingerprint density at radius 1 is 1.00 bits per heavy atom. The van der Waals surface area contributed by atoms with Gasteiger partial charge in [-0.25, -0.2) is 8.42 Å². The molecule has 2 rings (SSSR count). The number of nitrogens with one attached hydrogen (secondary N) is 2. The van der Waals surface area contributed by atoms with Crippen molar-refractivity contribution in [1.82, 2.24) is 0 Å². The van der Waals surface area contributed by atoms with E-state index in [1.54, 1.807) is 38.1 Å². The van der Waals surface area contributed by atoms with Gasteiger partial charge in [-0.2, -0.15) is 0 Å².